The van der Waals surface area contributed by atoms with Crippen molar-refractivity contribution in [3.05, 3.63) is 42.5 Å². The first-order chi connectivity index (χ1) is 17.5. The maximum absolute atomic E-state index is 13.4. The monoisotopic (exact) mass is 530 g/mol. The van der Waals surface area contributed by atoms with Gasteiger partial charge >= 0.3 is 11.9 Å². The molecule has 0 unspecified atom stereocenters. The highest BCUT2D eigenvalue weighted by atomic mass is 32.2. The van der Waals surface area contributed by atoms with Crippen LogP contribution in [0.3, 0.4) is 0 Å². The molecule has 3 aliphatic carbocycles. The van der Waals surface area contributed by atoms with Crippen molar-refractivity contribution < 1.29 is 32.3 Å². The summed E-state index contributed by atoms with van der Waals surface area (Å²) in [6.45, 7) is 6.07. The number of Topliss-reactive ketones (excluding diaryl/α,β-unsaturated/α-hetero) is 1. The Morgan fingerprint density at radius 3 is 2.49 bits per heavy atom. The van der Waals surface area contributed by atoms with E-state index >= 15 is 0 Å². The smallest absolute Gasteiger partial charge is 0.330 e. The van der Waals surface area contributed by atoms with Crippen molar-refractivity contribution in [2.45, 2.75) is 83.1 Å². The number of benzene rings is 1. The molecular formula is C29H38O7S. The minimum absolute atomic E-state index is 0.0738. The van der Waals surface area contributed by atoms with Gasteiger partial charge in [-0.2, -0.15) is 0 Å². The quantitative estimate of drug-likeness (QED) is 0.256. The van der Waals surface area contributed by atoms with Gasteiger partial charge in [-0.1, -0.05) is 44.5 Å². The molecule has 3 saturated carbocycles. The number of hydrogen-bond acceptors (Lipinski definition) is 7. The van der Waals surface area contributed by atoms with Gasteiger partial charge in [0.1, 0.15) is 17.3 Å². The number of carbonyl (C=O) groups is 3. The first-order valence-electron chi connectivity index (χ1n) is 13.3. The lowest BCUT2D eigenvalue weighted by atomic mass is 9.69. The van der Waals surface area contributed by atoms with Crippen molar-refractivity contribution in [2.75, 3.05) is 12.4 Å². The zero-order valence-electron chi connectivity index (χ0n) is 22.0. The highest BCUT2D eigenvalue weighted by molar-refractivity contribution is 7.91. The van der Waals surface area contributed by atoms with Gasteiger partial charge in [0.15, 0.2) is 9.84 Å². The van der Waals surface area contributed by atoms with Crippen LogP contribution < -0.4 is 0 Å². The van der Waals surface area contributed by atoms with Crippen LogP contribution in [0.2, 0.25) is 0 Å². The largest absolute Gasteiger partial charge is 0.465 e. The molecule has 0 aromatic heterocycles. The molecule has 202 valence electrons. The SMILES string of the molecule is CCOC(=O)[C@@]1(C/C=C/C(=O)O[C@@H]2C[C@H]3CC[C@]2(CS(=O)(=O)c2ccccc2)C3(C)C)CCCCC1=O. The van der Waals surface area contributed by atoms with Crippen molar-refractivity contribution >= 4 is 27.6 Å². The van der Waals surface area contributed by atoms with E-state index in [0.717, 1.165) is 19.3 Å². The van der Waals surface area contributed by atoms with Gasteiger partial charge < -0.3 is 9.47 Å². The Hall–Kier alpha value is -2.48. The maximum atomic E-state index is 13.4. The van der Waals surface area contributed by atoms with Crippen molar-refractivity contribution in [2.24, 2.45) is 22.2 Å². The van der Waals surface area contributed by atoms with E-state index in [0.29, 0.717) is 25.7 Å². The summed E-state index contributed by atoms with van der Waals surface area (Å²) in [5, 5.41) is 0. The second-order valence-corrected chi connectivity index (χ2v) is 13.4. The van der Waals surface area contributed by atoms with Crippen LogP contribution in [0, 0.1) is 22.2 Å². The Bertz CT molecular complexity index is 1170. The fourth-order valence-corrected chi connectivity index (χ4v) is 9.09. The first kappa shape index (κ1) is 27.6. The highest BCUT2D eigenvalue weighted by Crippen LogP contribution is 2.67. The molecule has 0 spiro atoms. The second-order valence-electron chi connectivity index (χ2n) is 11.4. The normalized spacial score (nSPS) is 30.9. The molecule has 7 nitrogen and oxygen atoms in total. The van der Waals surface area contributed by atoms with Crippen LogP contribution in [-0.2, 0) is 33.7 Å². The van der Waals surface area contributed by atoms with Gasteiger partial charge in [-0.3, -0.25) is 9.59 Å². The molecule has 0 N–H and O–H groups in total. The molecule has 1 aromatic rings. The summed E-state index contributed by atoms with van der Waals surface area (Å²) in [5.74, 6) is -1.05. The fraction of sp³-hybridized carbons (Fsp3) is 0.621. The van der Waals surface area contributed by atoms with Gasteiger partial charge in [0.05, 0.1) is 17.3 Å². The number of fused-ring (bicyclic) bond motifs is 2. The van der Waals surface area contributed by atoms with Crippen molar-refractivity contribution in [1.29, 1.82) is 0 Å². The van der Waals surface area contributed by atoms with Crippen LogP contribution >= 0.6 is 0 Å². The third kappa shape index (κ3) is 4.89. The molecule has 0 saturated heterocycles. The zero-order chi connectivity index (χ0) is 26.9. The van der Waals surface area contributed by atoms with Crippen molar-refractivity contribution in [3.63, 3.8) is 0 Å². The van der Waals surface area contributed by atoms with E-state index in [1.165, 1.54) is 12.2 Å². The van der Waals surface area contributed by atoms with Crippen LogP contribution in [-0.4, -0.2) is 44.6 Å². The molecule has 4 rings (SSSR count). The Balaban J connectivity index is 1.50. The predicted octanol–water partition coefficient (Wildman–Crippen LogP) is 4.84. The number of ketones is 1. The third-order valence-corrected chi connectivity index (χ3v) is 11.2. The van der Waals surface area contributed by atoms with E-state index in [1.807, 2.05) is 0 Å². The summed E-state index contributed by atoms with van der Waals surface area (Å²) >= 11 is 0. The van der Waals surface area contributed by atoms with Crippen LogP contribution in [0.15, 0.2) is 47.4 Å². The van der Waals surface area contributed by atoms with E-state index in [2.05, 4.69) is 13.8 Å². The zero-order valence-corrected chi connectivity index (χ0v) is 22.8. The third-order valence-electron chi connectivity index (χ3n) is 9.34. The Kier molecular flexibility index (Phi) is 7.71. The van der Waals surface area contributed by atoms with Gasteiger partial charge in [0, 0.05) is 17.9 Å². The van der Waals surface area contributed by atoms with E-state index in [-0.39, 0.29) is 40.8 Å². The molecule has 0 radical (unpaired) electrons. The Labute approximate surface area is 219 Å². The van der Waals surface area contributed by atoms with E-state index < -0.39 is 38.7 Å². The molecule has 8 heteroatoms. The van der Waals surface area contributed by atoms with Gasteiger partial charge in [0.25, 0.3) is 0 Å². The number of esters is 2. The molecule has 3 fully saturated rings. The minimum atomic E-state index is -3.59. The molecule has 2 bridgehead atoms. The molecule has 1 aromatic carbocycles. The van der Waals surface area contributed by atoms with Crippen LogP contribution in [0.1, 0.15) is 72.1 Å². The number of ether oxygens (including phenoxy) is 2. The van der Waals surface area contributed by atoms with E-state index in [1.54, 1.807) is 37.3 Å². The van der Waals surface area contributed by atoms with Crippen LogP contribution in [0.4, 0.5) is 0 Å². The standard InChI is InChI=1S/C29H38O7S/c1-4-35-26(32)28(16-9-8-13-23(28)30)17-10-14-25(31)36-24-19-21-15-18-29(24,27(21,2)3)20-37(33,34)22-11-6-5-7-12-22/h5-7,10-12,14,21,24H,4,8-9,13,15-20H2,1-3H3/b14-10+/t21-,24-,28-,29-/m1/s1. The lowest BCUT2D eigenvalue weighted by Gasteiger charge is -2.41. The highest BCUT2D eigenvalue weighted by Gasteiger charge is 2.66. The van der Waals surface area contributed by atoms with E-state index in [4.69, 9.17) is 9.47 Å². The molecule has 0 aliphatic heterocycles. The molecule has 0 amide bonds. The lowest BCUT2D eigenvalue weighted by molar-refractivity contribution is -0.162. The topological polar surface area (TPSA) is 104 Å². The van der Waals surface area contributed by atoms with E-state index in [9.17, 15) is 22.8 Å². The fourth-order valence-electron chi connectivity index (χ4n) is 6.97. The summed E-state index contributed by atoms with van der Waals surface area (Å²) in [5.41, 5.74) is -2.22. The molecule has 3 aliphatic rings. The van der Waals surface area contributed by atoms with Gasteiger partial charge in [0.2, 0.25) is 0 Å². The van der Waals surface area contributed by atoms with Crippen molar-refractivity contribution in [1.82, 2.24) is 0 Å². The average Bonchev–Trinajstić information content (AvgIpc) is 3.21. The van der Waals surface area contributed by atoms with Gasteiger partial charge in [-0.15, -0.1) is 0 Å². The summed E-state index contributed by atoms with van der Waals surface area (Å²) in [7, 11) is -3.59. The summed E-state index contributed by atoms with van der Waals surface area (Å²) < 4.78 is 37.9. The Morgan fingerprint density at radius 2 is 1.84 bits per heavy atom. The maximum Gasteiger partial charge on any atom is 0.330 e. The molecule has 4 atom stereocenters. The van der Waals surface area contributed by atoms with Crippen LogP contribution in [0.5, 0.6) is 0 Å². The van der Waals surface area contributed by atoms with Gasteiger partial charge in [-0.05, 0) is 68.9 Å². The summed E-state index contributed by atoms with van der Waals surface area (Å²) in [6.07, 6.45) is 6.83. The number of hydrogen-bond donors (Lipinski definition) is 0. The lowest BCUT2D eigenvalue weighted by Crippen LogP contribution is -2.46. The second kappa shape index (κ2) is 10.4. The average molecular weight is 531 g/mol. The Morgan fingerprint density at radius 1 is 1.11 bits per heavy atom. The molecular weight excluding hydrogens is 492 g/mol. The minimum Gasteiger partial charge on any atom is -0.465 e. The van der Waals surface area contributed by atoms with Crippen molar-refractivity contribution in [3.8, 4) is 0 Å². The molecule has 37 heavy (non-hydrogen) atoms. The summed E-state index contributed by atoms with van der Waals surface area (Å²) in [4.78, 5) is 38.6. The van der Waals surface area contributed by atoms with Crippen LogP contribution in [0.25, 0.3) is 0 Å². The summed E-state index contributed by atoms with van der Waals surface area (Å²) in [6, 6.07) is 8.42. The first-order valence-corrected chi connectivity index (χ1v) is 15.0. The number of sulfone groups is 1. The number of allylic oxidation sites excluding steroid dienone is 1. The predicted molar refractivity (Wildman–Crippen MR) is 138 cm³/mol. The number of carbonyl (C=O) groups excluding carboxylic acids is 3. The van der Waals surface area contributed by atoms with Gasteiger partial charge in [-0.25, -0.2) is 13.2 Å². The number of rotatable bonds is 9. The molecule has 0 heterocycles.